The van der Waals surface area contributed by atoms with Gasteiger partial charge in [0.15, 0.2) is 5.82 Å². The van der Waals surface area contributed by atoms with Crippen molar-refractivity contribution in [2.45, 2.75) is 13.0 Å². The fraction of sp³-hybridized carbons (Fsp3) is 0.357. The third kappa shape index (κ3) is 3.89. The summed E-state index contributed by atoms with van der Waals surface area (Å²) in [7, 11) is 3.49. The van der Waals surface area contributed by atoms with Gasteiger partial charge in [-0.05, 0) is 17.7 Å². The Morgan fingerprint density at radius 1 is 1.30 bits per heavy atom. The van der Waals surface area contributed by atoms with E-state index in [9.17, 15) is 4.79 Å². The number of carbonyl (C=O) groups is 1. The fourth-order valence-corrected chi connectivity index (χ4v) is 1.85. The first-order chi connectivity index (χ1) is 9.69. The van der Waals surface area contributed by atoms with Crippen molar-refractivity contribution in [1.29, 1.82) is 0 Å². The lowest BCUT2D eigenvalue weighted by Gasteiger charge is -2.05. The minimum atomic E-state index is -0.0641. The summed E-state index contributed by atoms with van der Waals surface area (Å²) in [5.41, 5.74) is 1.82. The van der Waals surface area contributed by atoms with Crippen molar-refractivity contribution in [3.63, 3.8) is 0 Å². The van der Waals surface area contributed by atoms with Crippen LogP contribution in [0.25, 0.3) is 0 Å². The number of nitrogens with one attached hydrogen (secondary N) is 2. The van der Waals surface area contributed by atoms with Crippen LogP contribution in [0.5, 0.6) is 0 Å². The Labute approximate surface area is 118 Å². The van der Waals surface area contributed by atoms with E-state index in [1.54, 1.807) is 18.1 Å². The number of hydrogen-bond acceptors (Lipinski definition) is 4. The van der Waals surface area contributed by atoms with Crippen LogP contribution in [-0.4, -0.2) is 34.3 Å². The molecule has 1 aromatic carbocycles. The van der Waals surface area contributed by atoms with Crippen molar-refractivity contribution in [2.24, 2.45) is 7.05 Å². The van der Waals surface area contributed by atoms with Crippen LogP contribution >= 0.6 is 0 Å². The predicted octanol–water partition coefficient (Wildman–Crippen LogP) is 0.507. The zero-order valence-corrected chi connectivity index (χ0v) is 11.8. The molecule has 20 heavy (non-hydrogen) atoms. The standard InChI is InChI=1S/C14H19N5O/c1-15-14(20)12-5-3-11(4-6-12)9-16-8-7-13-17-10-19(2)18-13/h3-6,10,16H,7-9H2,1-2H3,(H,15,20). The maximum atomic E-state index is 11.4. The predicted molar refractivity (Wildman–Crippen MR) is 76.2 cm³/mol. The van der Waals surface area contributed by atoms with Gasteiger partial charge in [-0.3, -0.25) is 9.48 Å². The number of carbonyl (C=O) groups excluding carboxylic acids is 1. The highest BCUT2D eigenvalue weighted by Crippen LogP contribution is 2.04. The van der Waals surface area contributed by atoms with Crippen molar-refractivity contribution in [2.75, 3.05) is 13.6 Å². The first kappa shape index (κ1) is 14.2. The number of aryl methyl sites for hydroxylation is 1. The first-order valence-electron chi connectivity index (χ1n) is 6.55. The van der Waals surface area contributed by atoms with E-state index in [0.717, 1.165) is 30.9 Å². The topological polar surface area (TPSA) is 71.8 Å². The highest BCUT2D eigenvalue weighted by Gasteiger charge is 2.02. The molecule has 0 atom stereocenters. The van der Waals surface area contributed by atoms with Gasteiger partial charge in [0.1, 0.15) is 6.33 Å². The summed E-state index contributed by atoms with van der Waals surface area (Å²) in [6.07, 6.45) is 2.50. The highest BCUT2D eigenvalue weighted by molar-refractivity contribution is 5.93. The summed E-state index contributed by atoms with van der Waals surface area (Å²) < 4.78 is 1.70. The number of amides is 1. The molecule has 0 unspecified atom stereocenters. The van der Waals surface area contributed by atoms with Gasteiger partial charge in [0.05, 0.1) is 0 Å². The van der Waals surface area contributed by atoms with Crippen molar-refractivity contribution in [3.8, 4) is 0 Å². The molecule has 1 heterocycles. The van der Waals surface area contributed by atoms with Gasteiger partial charge in [0.2, 0.25) is 0 Å². The number of benzene rings is 1. The summed E-state index contributed by atoms with van der Waals surface area (Å²) in [4.78, 5) is 15.6. The van der Waals surface area contributed by atoms with Crippen molar-refractivity contribution in [3.05, 3.63) is 47.5 Å². The molecule has 0 aliphatic heterocycles. The molecule has 0 fully saturated rings. The molecule has 0 aliphatic rings. The minimum absolute atomic E-state index is 0.0641. The number of rotatable bonds is 6. The third-order valence-electron chi connectivity index (χ3n) is 2.94. The summed E-state index contributed by atoms with van der Waals surface area (Å²) in [6, 6.07) is 7.57. The van der Waals surface area contributed by atoms with Gasteiger partial charge in [0, 0.05) is 39.2 Å². The lowest BCUT2D eigenvalue weighted by molar-refractivity contribution is 0.0963. The molecule has 0 aliphatic carbocycles. The van der Waals surface area contributed by atoms with E-state index in [1.165, 1.54) is 0 Å². The monoisotopic (exact) mass is 273 g/mol. The van der Waals surface area contributed by atoms with E-state index < -0.39 is 0 Å². The van der Waals surface area contributed by atoms with Crippen LogP contribution in [0.3, 0.4) is 0 Å². The summed E-state index contributed by atoms with van der Waals surface area (Å²) in [5, 5.41) is 10.2. The molecule has 0 spiro atoms. The third-order valence-corrected chi connectivity index (χ3v) is 2.94. The molecule has 2 aromatic rings. The Bertz CT molecular complexity index is 561. The summed E-state index contributed by atoms with van der Waals surface area (Å²) >= 11 is 0. The molecule has 106 valence electrons. The van der Waals surface area contributed by atoms with Gasteiger partial charge >= 0.3 is 0 Å². The average molecular weight is 273 g/mol. The molecule has 1 amide bonds. The maximum Gasteiger partial charge on any atom is 0.251 e. The van der Waals surface area contributed by atoms with E-state index in [-0.39, 0.29) is 5.91 Å². The Hall–Kier alpha value is -2.21. The van der Waals surface area contributed by atoms with Crippen molar-refractivity contribution in [1.82, 2.24) is 25.4 Å². The maximum absolute atomic E-state index is 11.4. The Morgan fingerprint density at radius 2 is 2.05 bits per heavy atom. The van der Waals surface area contributed by atoms with Crippen LogP contribution in [0.2, 0.25) is 0 Å². The molecule has 0 radical (unpaired) electrons. The normalized spacial score (nSPS) is 10.5. The van der Waals surface area contributed by atoms with Crippen LogP contribution in [0.4, 0.5) is 0 Å². The zero-order chi connectivity index (χ0) is 14.4. The summed E-state index contributed by atoms with van der Waals surface area (Å²) in [6.45, 7) is 1.59. The van der Waals surface area contributed by atoms with Gasteiger partial charge in [-0.25, -0.2) is 4.98 Å². The minimum Gasteiger partial charge on any atom is -0.355 e. The van der Waals surface area contributed by atoms with E-state index in [0.29, 0.717) is 5.56 Å². The molecule has 0 saturated heterocycles. The van der Waals surface area contributed by atoms with Crippen molar-refractivity contribution >= 4 is 5.91 Å². The van der Waals surface area contributed by atoms with Crippen LogP contribution in [0, 0.1) is 0 Å². The lowest BCUT2D eigenvalue weighted by atomic mass is 10.1. The first-order valence-corrected chi connectivity index (χ1v) is 6.55. The second-order valence-electron chi connectivity index (χ2n) is 4.54. The molecular formula is C14H19N5O. The van der Waals surface area contributed by atoms with Gasteiger partial charge < -0.3 is 10.6 Å². The molecule has 0 bridgehead atoms. The van der Waals surface area contributed by atoms with Gasteiger partial charge in [-0.1, -0.05) is 12.1 Å². The molecular weight excluding hydrogens is 254 g/mol. The van der Waals surface area contributed by atoms with E-state index in [1.807, 2.05) is 31.3 Å². The number of aromatic nitrogens is 3. The van der Waals surface area contributed by atoms with E-state index in [4.69, 9.17) is 0 Å². The molecule has 6 nitrogen and oxygen atoms in total. The van der Waals surface area contributed by atoms with Crippen LogP contribution in [0.15, 0.2) is 30.6 Å². The SMILES string of the molecule is CNC(=O)c1ccc(CNCCc2ncn(C)n2)cc1. The van der Waals surface area contributed by atoms with Crippen molar-refractivity contribution < 1.29 is 4.79 Å². The largest absolute Gasteiger partial charge is 0.355 e. The zero-order valence-electron chi connectivity index (χ0n) is 11.8. The molecule has 6 heteroatoms. The van der Waals surface area contributed by atoms with E-state index >= 15 is 0 Å². The Morgan fingerprint density at radius 3 is 2.65 bits per heavy atom. The van der Waals surface area contributed by atoms with Gasteiger partial charge in [0.25, 0.3) is 5.91 Å². The average Bonchev–Trinajstić information content (AvgIpc) is 2.89. The smallest absolute Gasteiger partial charge is 0.251 e. The molecule has 1 aromatic heterocycles. The summed E-state index contributed by atoms with van der Waals surface area (Å²) in [5.74, 6) is 0.778. The number of nitrogens with zero attached hydrogens (tertiary/aromatic N) is 3. The molecule has 0 saturated carbocycles. The van der Waals surface area contributed by atoms with Crippen LogP contribution in [0.1, 0.15) is 21.7 Å². The quantitative estimate of drug-likeness (QED) is 0.752. The molecule has 2 rings (SSSR count). The Balaban J connectivity index is 1.75. The Kier molecular flexibility index (Phi) is 4.84. The van der Waals surface area contributed by atoms with Crippen LogP contribution < -0.4 is 10.6 Å². The van der Waals surface area contributed by atoms with Crippen LogP contribution in [-0.2, 0) is 20.0 Å². The van der Waals surface area contributed by atoms with Gasteiger partial charge in [-0.2, -0.15) is 5.10 Å². The van der Waals surface area contributed by atoms with Gasteiger partial charge in [-0.15, -0.1) is 0 Å². The highest BCUT2D eigenvalue weighted by atomic mass is 16.1. The van der Waals surface area contributed by atoms with E-state index in [2.05, 4.69) is 20.7 Å². The second-order valence-corrected chi connectivity index (χ2v) is 4.54. The molecule has 2 N–H and O–H groups in total. The number of hydrogen-bond donors (Lipinski definition) is 2. The second kappa shape index (κ2) is 6.81. The fourth-order valence-electron chi connectivity index (χ4n) is 1.85. The lowest BCUT2D eigenvalue weighted by Crippen LogP contribution is -2.19.